The topological polar surface area (TPSA) is 58.6 Å². The van der Waals surface area contributed by atoms with Crippen LogP contribution in [0.5, 0.6) is 5.75 Å². The zero-order valence-corrected chi connectivity index (χ0v) is 14.2. The molecule has 0 spiro atoms. The van der Waals surface area contributed by atoms with Crippen LogP contribution in [-0.4, -0.2) is 24.5 Å². The Labute approximate surface area is 149 Å². The molecule has 0 aromatic heterocycles. The van der Waals surface area contributed by atoms with Crippen LogP contribution in [0.2, 0.25) is 5.02 Å². The maximum absolute atomic E-state index is 13.1. The van der Waals surface area contributed by atoms with Gasteiger partial charge in [0, 0.05) is 12.5 Å². The fraction of sp³-hybridized carbons (Fsp3) is 0.222. The lowest BCUT2D eigenvalue weighted by Gasteiger charge is -2.27. The molecule has 0 saturated carbocycles. The van der Waals surface area contributed by atoms with Gasteiger partial charge in [-0.15, -0.1) is 0 Å². The molecule has 3 rings (SSSR count). The molecule has 0 radical (unpaired) electrons. The van der Waals surface area contributed by atoms with E-state index in [0.717, 1.165) is 6.07 Å². The number of rotatable bonds is 3. The first-order valence-corrected chi connectivity index (χ1v) is 8.12. The third kappa shape index (κ3) is 3.74. The maximum Gasteiger partial charge on any atom is 0.265 e. The van der Waals surface area contributed by atoms with E-state index < -0.39 is 5.82 Å². The van der Waals surface area contributed by atoms with Crippen molar-refractivity contribution in [2.75, 3.05) is 16.8 Å². The van der Waals surface area contributed by atoms with Crippen LogP contribution < -0.4 is 15.0 Å². The first-order valence-electron chi connectivity index (χ1n) is 7.74. The van der Waals surface area contributed by atoms with Crippen molar-refractivity contribution in [3.8, 4) is 5.75 Å². The molecule has 7 heteroatoms. The number of anilines is 2. The first-order chi connectivity index (χ1) is 12.0. The number of fused-ring (bicyclic) bond motifs is 1. The minimum atomic E-state index is -0.483. The summed E-state index contributed by atoms with van der Waals surface area (Å²) in [6.07, 6.45) is 0.178. The largest absolute Gasteiger partial charge is 0.482 e. The van der Waals surface area contributed by atoms with E-state index in [1.165, 1.54) is 17.0 Å². The van der Waals surface area contributed by atoms with E-state index >= 15 is 0 Å². The molecule has 1 heterocycles. The molecule has 1 atom stereocenters. The number of nitrogens with zero attached hydrogens (tertiary/aromatic N) is 1. The molecule has 0 unspecified atom stereocenters. The molecular formula is C18H16ClFN2O3. The normalized spacial score (nSPS) is 16.7. The van der Waals surface area contributed by atoms with E-state index in [1.54, 1.807) is 31.2 Å². The summed E-state index contributed by atoms with van der Waals surface area (Å²) in [4.78, 5) is 26.2. The molecule has 1 aliphatic heterocycles. The number of carbonyl (C=O) groups is 2. The lowest BCUT2D eigenvalue weighted by atomic mass is 10.1. The Morgan fingerprint density at radius 1 is 1.36 bits per heavy atom. The number of carbonyl (C=O) groups excluding carboxylic acids is 2. The average molecular weight is 363 g/mol. The van der Waals surface area contributed by atoms with E-state index in [9.17, 15) is 14.0 Å². The number of benzene rings is 2. The number of hydrogen-bond acceptors (Lipinski definition) is 3. The lowest BCUT2D eigenvalue weighted by molar-refractivity contribution is -0.121. The highest BCUT2D eigenvalue weighted by Gasteiger charge is 2.29. The zero-order chi connectivity index (χ0) is 18.0. The predicted molar refractivity (Wildman–Crippen MR) is 93.5 cm³/mol. The number of para-hydroxylation sites is 2. The van der Waals surface area contributed by atoms with Crippen LogP contribution in [0, 0.1) is 5.82 Å². The van der Waals surface area contributed by atoms with Gasteiger partial charge in [-0.25, -0.2) is 4.39 Å². The number of ether oxygens (including phenoxy) is 1. The van der Waals surface area contributed by atoms with Gasteiger partial charge in [-0.1, -0.05) is 23.7 Å². The van der Waals surface area contributed by atoms with Crippen molar-refractivity contribution >= 4 is 34.8 Å². The molecule has 1 aliphatic rings. The van der Waals surface area contributed by atoms with Crippen LogP contribution in [0.4, 0.5) is 15.8 Å². The summed E-state index contributed by atoms with van der Waals surface area (Å²) in [5.74, 6) is -0.737. The number of nitrogens with one attached hydrogen (secondary N) is 1. The Balaban J connectivity index is 1.81. The summed E-state index contributed by atoms with van der Waals surface area (Å²) >= 11 is 5.91. The SMILES string of the molecule is C[C@H]1CC(=O)Nc2ccccc2N1C(=O)COc1ccc(F)cc1Cl. The minimum Gasteiger partial charge on any atom is -0.482 e. The lowest BCUT2D eigenvalue weighted by Crippen LogP contribution is -2.41. The fourth-order valence-corrected chi connectivity index (χ4v) is 2.99. The van der Waals surface area contributed by atoms with Crippen LogP contribution in [-0.2, 0) is 9.59 Å². The second kappa shape index (κ2) is 7.11. The first kappa shape index (κ1) is 17.2. The van der Waals surface area contributed by atoms with Gasteiger partial charge in [-0.05, 0) is 37.3 Å². The highest BCUT2D eigenvalue weighted by Crippen LogP contribution is 2.31. The van der Waals surface area contributed by atoms with E-state index in [-0.39, 0.29) is 41.7 Å². The quantitative estimate of drug-likeness (QED) is 0.907. The molecule has 0 fully saturated rings. The summed E-state index contributed by atoms with van der Waals surface area (Å²) in [5.41, 5.74) is 1.18. The van der Waals surface area contributed by atoms with Gasteiger partial charge in [0.1, 0.15) is 11.6 Å². The molecule has 2 aromatic rings. The van der Waals surface area contributed by atoms with Crippen LogP contribution in [0.25, 0.3) is 0 Å². The Hall–Kier alpha value is -2.60. The summed E-state index contributed by atoms with van der Waals surface area (Å²) in [7, 11) is 0. The Morgan fingerprint density at radius 3 is 2.88 bits per heavy atom. The van der Waals surface area contributed by atoms with E-state index in [0.29, 0.717) is 11.4 Å². The molecule has 130 valence electrons. The van der Waals surface area contributed by atoms with Crippen LogP contribution in [0.15, 0.2) is 42.5 Å². The second-order valence-electron chi connectivity index (χ2n) is 5.75. The fourth-order valence-electron chi connectivity index (χ4n) is 2.77. The van der Waals surface area contributed by atoms with Gasteiger partial charge < -0.3 is 15.0 Å². The molecule has 0 aliphatic carbocycles. The van der Waals surface area contributed by atoms with Crippen molar-refractivity contribution in [3.63, 3.8) is 0 Å². The molecular weight excluding hydrogens is 347 g/mol. The third-order valence-corrected chi connectivity index (χ3v) is 4.17. The number of halogens is 2. The standard InChI is InChI=1S/C18H16ClFN2O3/c1-11-8-17(23)21-14-4-2-3-5-15(14)22(11)18(24)10-25-16-7-6-12(20)9-13(16)19/h2-7,9,11H,8,10H2,1H3,(H,21,23)/t11-/m0/s1. The summed E-state index contributed by atoms with van der Waals surface area (Å²) < 4.78 is 18.5. The summed E-state index contributed by atoms with van der Waals surface area (Å²) in [6, 6.07) is 10.4. The van der Waals surface area contributed by atoms with Gasteiger partial charge in [0.15, 0.2) is 6.61 Å². The maximum atomic E-state index is 13.1. The van der Waals surface area contributed by atoms with E-state index in [2.05, 4.69) is 5.32 Å². The Morgan fingerprint density at radius 2 is 2.12 bits per heavy atom. The molecule has 2 aromatic carbocycles. The van der Waals surface area contributed by atoms with Gasteiger partial charge in [0.2, 0.25) is 5.91 Å². The van der Waals surface area contributed by atoms with Crippen LogP contribution in [0.3, 0.4) is 0 Å². The molecule has 5 nitrogen and oxygen atoms in total. The smallest absolute Gasteiger partial charge is 0.265 e. The molecule has 1 N–H and O–H groups in total. The highest BCUT2D eigenvalue weighted by atomic mass is 35.5. The Kier molecular flexibility index (Phi) is 4.90. The zero-order valence-electron chi connectivity index (χ0n) is 13.5. The molecule has 25 heavy (non-hydrogen) atoms. The van der Waals surface area contributed by atoms with Gasteiger partial charge in [-0.2, -0.15) is 0 Å². The average Bonchev–Trinajstić information content (AvgIpc) is 2.68. The molecule has 2 amide bonds. The third-order valence-electron chi connectivity index (χ3n) is 3.87. The second-order valence-corrected chi connectivity index (χ2v) is 6.15. The number of hydrogen-bond donors (Lipinski definition) is 1. The van der Waals surface area contributed by atoms with E-state index in [1.807, 2.05) is 0 Å². The minimum absolute atomic E-state index is 0.0916. The molecule has 0 saturated heterocycles. The van der Waals surface area contributed by atoms with Gasteiger partial charge >= 0.3 is 0 Å². The predicted octanol–water partition coefficient (Wildman–Crippen LogP) is 3.62. The van der Waals surface area contributed by atoms with Gasteiger partial charge in [0.25, 0.3) is 5.91 Å². The van der Waals surface area contributed by atoms with Gasteiger partial charge in [-0.3, -0.25) is 9.59 Å². The number of amides is 2. The highest BCUT2D eigenvalue weighted by molar-refractivity contribution is 6.32. The van der Waals surface area contributed by atoms with Crippen molar-refractivity contribution in [2.24, 2.45) is 0 Å². The summed E-state index contributed by atoms with van der Waals surface area (Å²) in [5, 5.41) is 2.88. The van der Waals surface area contributed by atoms with E-state index in [4.69, 9.17) is 16.3 Å². The summed E-state index contributed by atoms with van der Waals surface area (Å²) in [6.45, 7) is 1.52. The van der Waals surface area contributed by atoms with Crippen molar-refractivity contribution in [1.29, 1.82) is 0 Å². The van der Waals surface area contributed by atoms with Crippen molar-refractivity contribution in [3.05, 3.63) is 53.3 Å². The van der Waals surface area contributed by atoms with Crippen molar-refractivity contribution < 1.29 is 18.7 Å². The van der Waals surface area contributed by atoms with Crippen molar-refractivity contribution in [1.82, 2.24) is 0 Å². The Bertz CT molecular complexity index is 828. The van der Waals surface area contributed by atoms with Crippen LogP contribution >= 0.6 is 11.6 Å². The van der Waals surface area contributed by atoms with Crippen molar-refractivity contribution in [2.45, 2.75) is 19.4 Å². The van der Waals surface area contributed by atoms with Gasteiger partial charge in [0.05, 0.1) is 16.4 Å². The van der Waals surface area contributed by atoms with Crippen LogP contribution in [0.1, 0.15) is 13.3 Å². The monoisotopic (exact) mass is 362 g/mol. The molecule has 0 bridgehead atoms.